The van der Waals surface area contributed by atoms with Crippen molar-refractivity contribution in [2.45, 2.75) is 50.6 Å². The molecule has 1 aliphatic carbocycles. The molecule has 1 aliphatic heterocycles. The summed E-state index contributed by atoms with van der Waals surface area (Å²) >= 11 is 0. The van der Waals surface area contributed by atoms with E-state index in [9.17, 15) is 4.21 Å². The summed E-state index contributed by atoms with van der Waals surface area (Å²) in [5.41, 5.74) is 0.375. The van der Waals surface area contributed by atoms with Crippen molar-refractivity contribution in [3.05, 3.63) is 0 Å². The molecule has 17 heavy (non-hydrogen) atoms. The van der Waals surface area contributed by atoms with Gasteiger partial charge in [0.2, 0.25) is 0 Å². The molecule has 2 atom stereocenters. The molecule has 1 saturated carbocycles. The average Bonchev–Trinajstić information content (AvgIpc) is 2.58. The fourth-order valence-corrected chi connectivity index (χ4v) is 4.26. The fraction of sp³-hybridized carbons (Fsp3) is 1.00. The summed E-state index contributed by atoms with van der Waals surface area (Å²) in [5, 5.41) is 3.78. The van der Waals surface area contributed by atoms with Gasteiger partial charge in [-0.05, 0) is 39.3 Å². The summed E-state index contributed by atoms with van der Waals surface area (Å²) in [6.07, 6.45) is 8.43. The molecule has 2 aliphatic rings. The fourth-order valence-electron chi connectivity index (χ4n) is 3.37. The molecule has 1 N–H and O–H groups in total. The summed E-state index contributed by atoms with van der Waals surface area (Å²) in [5.74, 6) is 0.816. The molecule has 4 heteroatoms. The molecule has 0 aromatic carbocycles. The van der Waals surface area contributed by atoms with Crippen LogP contribution in [0.2, 0.25) is 0 Å². The first kappa shape index (κ1) is 13.5. The maximum absolute atomic E-state index is 11.4. The Labute approximate surface area is 108 Å². The minimum absolute atomic E-state index is 0.375. The van der Waals surface area contributed by atoms with E-state index >= 15 is 0 Å². The van der Waals surface area contributed by atoms with Gasteiger partial charge >= 0.3 is 0 Å². The maximum Gasteiger partial charge on any atom is 0.0385 e. The molecule has 3 nitrogen and oxygen atoms in total. The molecule has 2 fully saturated rings. The van der Waals surface area contributed by atoms with Crippen LogP contribution in [0.25, 0.3) is 0 Å². The Morgan fingerprint density at radius 3 is 2.71 bits per heavy atom. The van der Waals surface area contributed by atoms with Gasteiger partial charge in [-0.2, -0.15) is 0 Å². The van der Waals surface area contributed by atoms with Crippen LogP contribution < -0.4 is 5.32 Å². The third kappa shape index (κ3) is 3.52. The Morgan fingerprint density at radius 2 is 2.06 bits per heavy atom. The van der Waals surface area contributed by atoms with Gasteiger partial charge in [0.15, 0.2) is 0 Å². The third-order valence-electron chi connectivity index (χ3n) is 4.29. The van der Waals surface area contributed by atoms with E-state index in [1.807, 2.05) is 6.26 Å². The first-order valence-corrected chi connectivity index (χ1v) is 8.63. The molecule has 0 bridgehead atoms. The number of hydrogen-bond acceptors (Lipinski definition) is 3. The molecule has 0 aromatic heterocycles. The van der Waals surface area contributed by atoms with E-state index in [1.54, 1.807) is 0 Å². The van der Waals surface area contributed by atoms with E-state index in [2.05, 4.69) is 17.1 Å². The van der Waals surface area contributed by atoms with Crippen LogP contribution >= 0.6 is 0 Å². The van der Waals surface area contributed by atoms with Crippen LogP contribution in [0, 0.1) is 0 Å². The van der Waals surface area contributed by atoms with Crippen molar-refractivity contribution in [3.8, 4) is 0 Å². The van der Waals surface area contributed by atoms with Gasteiger partial charge in [-0.15, -0.1) is 0 Å². The molecular weight excluding hydrogens is 232 g/mol. The second-order valence-electron chi connectivity index (χ2n) is 5.83. The van der Waals surface area contributed by atoms with Gasteiger partial charge in [0.25, 0.3) is 0 Å². The van der Waals surface area contributed by atoms with Crippen LogP contribution in [0.15, 0.2) is 0 Å². The number of rotatable bonds is 3. The van der Waals surface area contributed by atoms with Gasteiger partial charge in [-0.3, -0.25) is 9.11 Å². The quantitative estimate of drug-likeness (QED) is 0.829. The van der Waals surface area contributed by atoms with Gasteiger partial charge in [0, 0.05) is 40.9 Å². The van der Waals surface area contributed by atoms with Crippen LogP contribution in [0.4, 0.5) is 0 Å². The van der Waals surface area contributed by atoms with E-state index in [0.717, 1.165) is 25.4 Å². The normalized spacial score (nSPS) is 29.1. The van der Waals surface area contributed by atoms with Gasteiger partial charge < -0.3 is 5.32 Å². The minimum atomic E-state index is -0.678. The highest BCUT2D eigenvalue weighted by atomic mass is 32.2. The van der Waals surface area contributed by atoms with E-state index in [1.165, 1.54) is 32.1 Å². The zero-order valence-electron chi connectivity index (χ0n) is 11.2. The van der Waals surface area contributed by atoms with Crippen molar-refractivity contribution in [2.24, 2.45) is 0 Å². The maximum atomic E-state index is 11.4. The molecule has 100 valence electrons. The van der Waals surface area contributed by atoms with Crippen LogP contribution in [-0.2, 0) is 10.8 Å². The highest BCUT2D eigenvalue weighted by molar-refractivity contribution is 7.84. The van der Waals surface area contributed by atoms with E-state index < -0.39 is 10.8 Å². The predicted molar refractivity (Wildman–Crippen MR) is 73.8 cm³/mol. The highest BCUT2D eigenvalue weighted by Crippen LogP contribution is 2.32. The van der Waals surface area contributed by atoms with Crippen molar-refractivity contribution < 1.29 is 4.21 Å². The second-order valence-corrected chi connectivity index (χ2v) is 7.31. The smallest absolute Gasteiger partial charge is 0.0385 e. The molecule has 1 heterocycles. The Morgan fingerprint density at radius 1 is 1.35 bits per heavy atom. The monoisotopic (exact) mass is 258 g/mol. The van der Waals surface area contributed by atoms with Crippen molar-refractivity contribution in [3.63, 3.8) is 0 Å². The third-order valence-corrected chi connectivity index (χ3v) is 5.24. The van der Waals surface area contributed by atoms with Gasteiger partial charge in [0.05, 0.1) is 0 Å². The van der Waals surface area contributed by atoms with E-state index in [0.29, 0.717) is 11.6 Å². The first-order valence-electron chi connectivity index (χ1n) is 6.90. The summed E-state index contributed by atoms with van der Waals surface area (Å²) < 4.78 is 11.4. The van der Waals surface area contributed by atoms with Gasteiger partial charge in [-0.25, -0.2) is 0 Å². The molecule has 2 rings (SSSR count). The predicted octanol–water partition coefficient (Wildman–Crippen LogP) is 1.36. The lowest BCUT2D eigenvalue weighted by molar-refractivity contribution is 0.176. The van der Waals surface area contributed by atoms with Crippen LogP contribution in [-0.4, -0.2) is 52.3 Å². The molecule has 0 aromatic rings. The van der Waals surface area contributed by atoms with Crippen LogP contribution in [0.3, 0.4) is 0 Å². The van der Waals surface area contributed by atoms with Crippen molar-refractivity contribution in [1.29, 1.82) is 0 Å². The zero-order chi connectivity index (χ0) is 12.3. The molecule has 0 radical (unpaired) electrons. The Bertz CT molecular complexity index is 277. The lowest BCUT2D eigenvalue weighted by Gasteiger charge is -2.36. The molecule has 1 spiro atoms. The van der Waals surface area contributed by atoms with Gasteiger partial charge in [-0.1, -0.05) is 12.8 Å². The molecular formula is C13H26N2OS. The van der Waals surface area contributed by atoms with Crippen LogP contribution in [0.1, 0.15) is 39.0 Å². The van der Waals surface area contributed by atoms with E-state index in [-0.39, 0.29) is 0 Å². The number of hydrogen-bond donors (Lipinski definition) is 1. The average molecular weight is 258 g/mol. The summed E-state index contributed by atoms with van der Waals surface area (Å²) in [4.78, 5) is 2.56. The summed E-state index contributed by atoms with van der Waals surface area (Å²) in [6.45, 7) is 5.70. The molecule has 1 saturated heterocycles. The minimum Gasteiger partial charge on any atom is -0.310 e. The standard InChI is InChI=1S/C13H26N2OS/c1-12(10-17(2)16)15-9-5-8-14-13(11-15)6-3-4-7-13/h12,14H,3-11H2,1-2H3. The number of nitrogens with zero attached hydrogens (tertiary/aromatic N) is 1. The van der Waals surface area contributed by atoms with Crippen molar-refractivity contribution in [1.82, 2.24) is 10.2 Å². The Hall–Kier alpha value is 0.0700. The van der Waals surface area contributed by atoms with Crippen molar-refractivity contribution in [2.75, 3.05) is 31.6 Å². The summed E-state index contributed by atoms with van der Waals surface area (Å²) in [6, 6.07) is 0.457. The van der Waals surface area contributed by atoms with Gasteiger partial charge in [0.1, 0.15) is 0 Å². The van der Waals surface area contributed by atoms with Crippen LogP contribution in [0.5, 0.6) is 0 Å². The zero-order valence-corrected chi connectivity index (χ0v) is 12.0. The molecule has 2 unspecified atom stereocenters. The van der Waals surface area contributed by atoms with E-state index in [4.69, 9.17) is 0 Å². The first-order chi connectivity index (χ1) is 8.11. The largest absolute Gasteiger partial charge is 0.310 e. The number of nitrogens with one attached hydrogen (secondary N) is 1. The topological polar surface area (TPSA) is 32.3 Å². The Kier molecular flexibility index (Phi) is 4.61. The second kappa shape index (κ2) is 5.81. The lowest BCUT2D eigenvalue weighted by Crippen LogP contribution is -2.51. The Balaban J connectivity index is 1.99. The van der Waals surface area contributed by atoms with Crippen molar-refractivity contribution >= 4 is 10.8 Å². The SMILES string of the molecule is CC(CS(C)=O)N1CCCNC2(CCCC2)C1. The molecule has 0 amide bonds. The lowest BCUT2D eigenvalue weighted by atomic mass is 9.97. The summed E-state index contributed by atoms with van der Waals surface area (Å²) in [7, 11) is -0.678. The highest BCUT2D eigenvalue weighted by Gasteiger charge is 2.37.